The van der Waals surface area contributed by atoms with E-state index in [0.29, 0.717) is 6.42 Å². The van der Waals surface area contributed by atoms with Gasteiger partial charge in [-0.05, 0) is 39.0 Å². The number of alkyl halides is 1. The van der Waals surface area contributed by atoms with Crippen LogP contribution in [0.2, 0.25) is 0 Å². The Kier molecular flexibility index (Phi) is 11.4. The Hall–Kier alpha value is -0.380. The van der Waals surface area contributed by atoms with Crippen LogP contribution in [0.25, 0.3) is 0 Å². The molecule has 0 aromatic carbocycles. The largest absolute Gasteiger partial charge is 0.411 e. The van der Waals surface area contributed by atoms with E-state index >= 15 is 0 Å². The van der Waals surface area contributed by atoms with Crippen LogP contribution in [0.5, 0.6) is 0 Å². The van der Waals surface area contributed by atoms with Crippen molar-refractivity contribution in [1.29, 1.82) is 0 Å². The Morgan fingerprint density at radius 2 is 1.67 bits per heavy atom. The number of carbonyl (C=O) groups excluding carboxylic acids is 1. The lowest BCUT2D eigenvalue weighted by Gasteiger charge is -2.05. The zero-order chi connectivity index (χ0) is 13.8. The molecule has 0 fully saturated rings. The van der Waals surface area contributed by atoms with E-state index in [0.717, 1.165) is 44.2 Å². The van der Waals surface area contributed by atoms with Crippen molar-refractivity contribution in [2.24, 2.45) is 5.16 Å². The van der Waals surface area contributed by atoms with E-state index in [-0.39, 0.29) is 10.6 Å². The van der Waals surface area contributed by atoms with E-state index < -0.39 is 0 Å². The third-order valence-electron chi connectivity index (χ3n) is 3.04. The second-order valence-electron chi connectivity index (χ2n) is 4.77. The van der Waals surface area contributed by atoms with Gasteiger partial charge in [-0.1, -0.05) is 47.3 Å². The number of ketones is 1. The lowest BCUT2D eigenvalue weighted by atomic mass is 10.0. The van der Waals surface area contributed by atoms with Crippen LogP contribution in [0.1, 0.15) is 71.6 Å². The van der Waals surface area contributed by atoms with Gasteiger partial charge in [0.05, 0.1) is 10.5 Å². The van der Waals surface area contributed by atoms with Crippen LogP contribution in [-0.2, 0) is 4.79 Å². The zero-order valence-corrected chi connectivity index (χ0v) is 13.2. The highest BCUT2D eigenvalue weighted by Gasteiger charge is 2.08. The Morgan fingerprint density at radius 3 is 2.17 bits per heavy atom. The minimum Gasteiger partial charge on any atom is -0.411 e. The molecule has 0 bridgehead atoms. The molecule has 0 saturated heterocycles. The van der Waals surface area contributed by atoms with Crippen LogP contribution in [0.4, 0.5) is 0 Å². The van der Waals surface area contributed by atoms with Crippen LogP contribution in [0.15, 0.2) is 5.16 Å². The van der Waals surface area contributed by atoms with Gasteiger partial charge in [0, 0.05) is 6.42 Å². The fourth-order valence-electron chi connectivity index (χ4n) is 1.81. The fraction of sp³-hybridized carbons (Fsp3) is 0.857. The monoisotopic (exact) mass is 319 g/mol. The molecule has 0 spiro atoms. The Bertz CT molecular complexity index is 252. The molecular weight excluding hydrogens is 294 g/mol. The summed E-state index contributed by atoms with van der Waals surface area (Å²) in [6.45, 7) is 4.03. The summed E-state index contributed by atoms with van der Waals surface area (Å²) in [5.41, 5.74) is 0.906. The number of carbonyl (C=O) groups is 1. The summed E-state index contributed by atoms with van der Waals surface area (Å²) in [5, 5.41) is 12.2. The maximum atomic E-state index is 11.4. The van der Waals surface area contributed by atoms with Gasteiger partial charge in [0.1, 0.15) is 5.78 Å². The second kappa shape index (κ2) is 11.7. The summed E-state index contributed by atoms with van der Waals surface area (Å²) in [6, 6.07) is 0. The molecule has 0 aliphatic carbocycles. The first-order chi connectivity index (χ1) is 8.61. The molecule has 1 atom stereocenters. The molecule has 1 unspecified atom stereocenters. The van der Waals surface area contributed by atoms with E-state index in [1.807, 2.05) is 6.92 Å². The second-order valence-corrected chi connectivity index (χ2v) is 6.14. The van der Waals surface area contributed by atoms with E-state index in [1.54, 1.807) is 0 Å². The van der Waals surface area contributed by atoms with Crippen molar-refractivity contribution >= 4 is 27.4 Å². The van der Waals surface area contributed by atoms with Crippen molar-refractivity contribution < 1.29 is 10.0 Å². The highest BCUT2D eigenvalue weighted by molar-refractivity contribution is 9.10. The summed E-state index contributed by atoms with van der Waals surface area (Å²) in [7, 11) is 0. The highest BCUT2D eigenvalue weighted by atomic mass is 79.9. The predicted octanol–water partition coefficient (Wildman–Crippen LogP) is 4.70. The fourth-order valence-corrected chi connectivity index (χ4v) is 2.04. The quantitative estimate of drug-likeness (QED) is 0.197. The van der Waals surface area contributed by atoms with E-state index in [2.05, 4.69) is 28.0 Å². The van der Waals surface area contributed by atoms with Gasteiger partial charge in [-0.2, -0.15) is 0 Å². The van der Waals surface area contributed by atoms with Gasteiger partial charge in [-0.3, -0.25) is 4.79 Å². The van der Waals surface area contributed by atoms with Crippen LogP contribution in [0.3, 0.4) is 0 Å². The van der Waals surface area contributed by atoms with Crippen LogP contribution < -0.4 is 0 Å². The van der Waals surface area contributed by atoms with Gasteiger partial charge < -0.3 is 5.21 Å². The lowest BCUT2D eigenvalue weighted by molar-refractivity contribution is -0.118. The smallest absolute Gasteiger partial charge is 0.146 e. The average molecular weight is 320 g/mol. The SMILES string of the molecule is CCCCC/C(CCCCCC(=O)C(C)Br)=N\O. The zero-order valence-electron chi connectivity index (χ0n) is 11.6. The molecule has 1 N–H and O–H groups in total. The molecule has 0 saturated carbocycles. The molecular formula is C14H26BrNO2. The van der Waals surface area contributed by atoms with Crippen molar-refractivity contribution in [2.75, 3.05) is 0 Å². The van der Waals surface area contributed by atoms with Crippen molar-refractivity contribution in [3.05, 3.63) is 0 Å². The molecule has 0 aromatic rings. The first-order valence-electron chi connectivity index (χ1n) is 6.98. The third kappa shape index (κ3) is 9.63. The lowest BCUT2D eigenvalue weighted by Crippen LogP contribution is -2.08. The van der Waals surface area contributed by atoms with E-state index in [4.69, 9.17) is 5.21 Å². The third-order valence-corrected chi connectivity index (χ3v) is 3.55. The van der Waals surface area contributed by atoms with Crippen LogP contribution >= 0.6 is 15.9 Å². The number of Topliss-reactive ketones (excluding diaryl/α,β-unsaturated/α-hetero) is 1. The van der Waals surface area contributed by atoms with Gasteiger partial charge in [0.15, 0.2) is 0 Å². The van der Waals surface area contributed by atoms with Crippen LogP contribution in [-0.4, -0.2) is 21.5 Å². The molecule has 3 nitrogen and oxygen atoms in total. The van der Waals surface area contributed by atoms with Gasteiger partial charge in [0.2, 0.25) is 0 Å². The molecule has 106 valence electrons. The molecule has 0 rings (SSSR count). The average Bonchev–Trinajstić information content (AvgIpc) is 2.36. The topological polar surface area (TPSA) is 49.7 Å². The van der Waals surface area contributed by atoms with E-state index in [9.17, 15) is 4.79 Å². The number of hydrogen-bond acceptors (Lipinski definition) is 3. The summed E-state index contributed by atoms with van der Waals surface area (Å²) in [6.07, 6.45) is 8.86. The van der Waals surface area contributed by atoms with Gasteiger partial charge in [-0.25, -0.2) is 0 Å². The summed E-state index contributed by atoms with van der Waals surface area (Å²) < 4.78 is 0. The van der Waals surface area contributed by atoms with Gasteiger partial charge in [-0.15, -0.1) is 0 Å². The number of unbranched alkanes of at least 4 members (excludes halogenated alkanes) is 4. The summed E-state index contributed by atoms with van der Waals surface area (Å²) in [4.78, 5) is 11.3. The van der Waals surface area contributed by atoms with E-state index in [1.165, 1.54) is 12.8 Å². The predicted molar refractivity (Wildman–Crippen MR) is 79.8 cm³/mol. The van der Waals surface area contributed by atoms with Crippen molar-refractivity contribution in [2.45, 2.75) is 76.5 Å². The van der Waals surface area contributed by atoms with Gasteiger partial charge in [0.25, 0.3) is 0 Å². The Morgan fingerprint density at radius 1 is 1.11 bits per heavy atom. The molecule has 0 aliphatic heterocycles. The number of hydrogen-bond donors (Lipinski definition) is 1. The maximum absolute atomic E-state index is 11.4. The Balaban J connectivity index is 3.54. The molecule has 0 aromatic heterocycles. The standard InChI is InChI=1S/C14H26BrNO2/c1-3-4-6-9-13(16-18)10-7-5-8-11-14(17)12(2)15/h12,18H,3-11H2,1-2H3/b16-13+. The number of rotatable bonds is 11. The number of oxime groups is 1. The summed E-state index contributed by atoms with van der Waals surface area (Å²) >= 11 is 3.28. The summed E-state index contributed by atoms with van der Waals surface area (Å²) in [5.74, 6) is 0.272. The highest BCUT2D eigenvalue weighted by Crippen LogP contribution is 2.11. The van der Waals surface area contributed by atoms with Crippen LogP contribution in [0, 0.1) is 0 Å². The van der Waals surface area contributed by atoms with Crippen molar-refractivity contribution in [3.8, 4) is 0 Å². The number of nitrogens with zero attached hydrogens (tertiary/aromatic N) is 1. The molecule has 0 radical (unpaired) electrons. The number of halogens is 1. The molecule has 0 aliphatic rings. The Labute approximate surface area is 119 Å². The molecule has 0 amide bonds. The maximum Gasteiger partial charge on any atom is 0.146 e. The van der Waals surface area contributed by atoms with Crippen molar-refractivity contribution in [1.82, 2.24) is 0 Å². The molecule has 4 heteroatoms. The first kappa shape index (κ1) is 17.6. The molecule has 18 heavy (non-hydrogen) atoms. The minimum atomic E-state index is -0.0268. The van der Waals surface area contributed by atoms with Gasteiger partial charge >= 0.3 is 0 Å². The molecule has 0 heterocycles. The first-order valence-corrected chi connectivity index (χ1v) is 7.90. The van der Waals surface area contributed by atoms with Crippen molar-refractivity contribution in [3.63, 3.8) is 0 Å². The minimum absolute atomic E-state index is 0.0268. The normalized spacial score (nSPS) is 13.6.